The zero-order valence-corrected chi connectivity index (χ0v) is 9.45. The maximum atomic E-state index is 9.50. The van der Waals surface area contributed by atoms with Gasteiger partial charge in [0, 0.05) is 19.1 Å². The van der Waals surface area contributed by atoms with Gasteiger partial charge in [0.2, 0.25) is 0 Å². The first-order valence-corrected chi connectivity index (χ1v) is 5.75. The number of likely N-dealkylation sites (tertiary alicyclic amines) is 1. The molecule has 1 aliphatic rings. The number of aliphatic hydroxyl groups is 1. The van der Waals surface area contributed by atoms with Crippen molar-refractivity contribution in [2.24, 2.45) is 11.7 Å². The molecule has 1 rings (SSSR count). The average Bonchev–Trinajstić information content (AvgIpc) is 2.52. The number of nitrogens with zero attached hydrogens (tertiary/aromatic N) is 1. The summed E-state index contributed by atoms with van der Waals surface area (Å²) in [7, 11) is 0. The summed E-state index contributed by atoms with van der Waals surface area (Å²) in [5.74, 6) is 0.746. The van der Waals surface area contributed by atoms with E-state index in [4.69, 9.17) is 5.73 Å². The lowest BCUT2D eigenvalue weighted by molar-refractivity contribution is 0.106. The summed E-state index contributed by atoms with van der Waals surface area (Å²) in [5.41, 5.74) is 5.42. The van der Waals surface area contributed by atoms with Crippen LogP contribution in [0.1, 0.15) is 33.1 Å². The maximum absolute atomic E-state index is 9.50. The van der Waals surface area contributed by atoms with Crippen molar-refractivity contribution >= 4 is 0 Å². The molecular weight excluding hydrogens is 176 g/mol. The summed E-state index contributed by atoms with van der Waals surface area (Å²) >= 11 is 0. The van der Waals surface area contributed by atoms with Crippen LogP contribution in [0, 0.1) is 5.92 Å². The first-order valence-electron chi connectivity index (χ1n) is 5.75. The SMILES string of the molecule is CC(C)CC1CCCN1C[C@@H](O)CN. The van der Waals surface area contributed by atoms with Crippen LogP contribution in [0.4, 0.5) is 0 Å². The molecule has 2 atom stereocenters. The average molecular weight is 200 g/mol. The quantitative estimate of drug-likeness (QED) is 0.690. The molecule has 0 aromatic heterocycles. The van der Waals surface area contributed by atoms with Gasteiger partial charge in [-0.05, 0) is 31.7 Å². The molecule has 1 aliphatic heterocycles. The number of aliphatic hydroxyl groups excluding tert-OH is 1. The molecule has 0 spiro atoms. The Kier molecular flexibility index (Phi) is 4.85. The van der Waals surface area contributed by atoms with E-state index in [-0.39, 0.29) is 6.10 Å². The molecule has 3 N–H and O–H groups in total. The molecule has 0 saturated carbocycles. The van der Waals surface area contributed by atoms with Crippen molar-refractivity contribution in [1.82, 2.24) is 4.90 Å². The van der Waals surface area contributed by atoms with Gasteiger partial charge in [-0.1, -0.05) is 13.8 Å². The van der Waals surface area contributed by atoms with Gasteiger partial charge in [0.25, 0.3) is 0 Å². The van der Waals surface area contributed by atoms with Crippen LogP contribution >= 0.6 is 0 Å². The van der Waals surface area contributed by atoms with Crippen molar-refractivity contribution in [2.75, 3.05) is 19.6 Å². The lowest BCUT2D eigenvalue weighted by atomic mass is 10.0. The first-order chi connectivity index (χ1) is 6.63. The monoisotopic (exact) mass is 200 g/mol. The number of hydrogen-bond acceptors (Lipinski definition) is 3. The Hall–Kier alpha value is -0.120. The van der Waals surface area contributed by atoms with Crippen molar-refractivity contribution in [3.63, 3.8) is 0 Å². The standard InChI is InChI=1S/C11H24N2O/c1-9(2)6-10-4-3-5-13(10)8-11(14)7-12/h9-11,14H,3-8,12H2,1-2H3/t10?,11-/m0/s1. The van der Waals surface area contributed by atoms with Crippen molar-refractivity contribution < 1.29 is 5.11 Å². The van der Waals surface area contributed by atoms with E-state index in [0.717, 1.165) is 19.0 Å². The van der Waals surface area contributed by atoms with Gasteiger partial charge in [0.05, 0.1) is 6.10 Å². The smallest absolute Gasteiger partial charge is 0.0789 e. The number of hydrogen-bond donors (Lipinski definition) is 2. The van der Waals surface area contributed by atoms with E-state index in [9.17, 15) is 5.11 Å². The van der Waals surface area contributed by atoms with Gasteiger partial charge >= 0.3 is 0 Å². The van der Waals surface area contributed by atoms with Gasteiger partial charge < -0.3 is 10.8 Å². The zero-order chi connectivity index (χ0) is 10.6. The van der Waals surface area contributed by atoms with Gasteiger partial charge in [-0.2, -0.15) is 0 Å². The van der Waals surface area contributed by atoms with Crippen LogP contribution in [0.2, 0.25) is 0 Å². The van der Waals surface area contributed by atoms with E-state index in [0.29, 0.717) is 12.6 Å². The highest BCUT2D eigenvalue weighted by atomic mass is 16.3. The highest BCUT2D eigenvalue weighted by Gasteiger charge is 2.26. The first kappa shape index (κ1) is 12.0. The molecule has 0 aliphatic carbocycles. The van der Waals surface area contributed by atoms with Gasteiger partial charge in [-0.3, -0.25) is 4.90 Å². The van der Waals surface area contributed by atoms with Gasteiger partial charge in [-0.15, -0.1) is 0 Å². The van der Waals surface area contributed by atoms with E-state index < -0.39 is 0 Å². The minimum atomic E-state index is -0.345. The maximum Gasteiger partial charge on any atom is 0.0789 e. The molecule has 1 heterocycles. The normalized spacial score (nSPS) is 25.9. The molecule has 1 unspecified atom stereocenters. The Morgan fingerprint density at radius 1 is 1.50 bits per heavy atom. The Balaban J connectivity index is 2.35. The fraction of sp³-hybridized carbons (Fsp3) is 1.00. The Bertz CT molecular complexity index is 161. The zero-order valence-electron chi connectivity index (χ0n) is 9.45. The molecule has 0 aromatic carbocycles. The predicted molar refractivity (Wildman–Crippen MR) is 59.1 cm³/mol. The molecule has 0 bridgehead atoms. The molecule has 3 heteroatoms. The van der Waals surface area contributed by atoms with E-state index in [2.05, 4.69) is 18.7 Å². The molecule has 1 fully saturated rings. The van der Waals surface area contributed by atoms with Gasteiger partial charge in [0.15, 0.2) is 0 Å². The third-order valence-corrected chi connectivity index (χ3v) is 2.96. The summed E-state index contributed by atoms with van der Waals surface area (Å²) in [4.78, 5) is 2.40. The van der Waals surface area contributed by atoms with Crippen LogP contribution in [0.15, 0.2) is 0 Å². The third kappa shape index (κ3) is 3.56. The van der Waals surface area contributed by atoms with Crippen LogP contribution < -0.4 is 5.73 Å². The Morgan fingerprint density at radius 2 is 2.21 bits per heavy atom. The van der Waals surface area contributed by atoms with Crippen LogP contribution in [0.25, 0.3) is 0 Å². The number of rotatable bonds is 5. The van der Waals surface area contributed by atoms with Gasteiger partial charge in [-0.25, -0.2) is 0 Å². The van der Waals surface area contributed by atoms with Crippen molar-refractivity contribution in [3.8, 4) is 0 Å². The minimum absolute atomic E-state index is 0.345. The highest BCUT2D eigenvalue weighted by Crippen LogP contribution is 2.23. The second kappa shape index (κ2) is 5.69. The lowest BCUT2D eigenvalue weighted by Crippen LogP contribution is -2.39. The molecule has 1 saturated heterocycles. The second-order valence-corrected chi connectivity index (χ2v) is 4.81. The van der Waals surface area contributed by atoms with Crippen molar-refractivity contribution in [1.29, 1.82) is 0 Å². The molecular formula is C11H24N2O. The molecule has 3 nitrogen and oxygen atoms in total. The fourth-order valence-corrected chi connectivity index (χ4v) is 2.29. The molecule has 0 amide bonds. The van der Waals surface area contributed by atoms with E-state index in [1.807, 2.05) is 0 Å². The molecule has 0 radical (unpaired) electrons. The fourth-order valence-electron chi connectivity index (χ4n) is 2.29. The van der Waals surface area contributed by atoms with Crippen LogP contribution in [0.5, 0.6) is 0 Å². The van der Waals surface area contributed by atoms with Crippen LogP contribution in [0.3, 0.4) is 0 Å². The number of nitrogens with two attached hydrogens (primary N) is 1. The van der Waals surface area contributed by atoms with E-state index >= 15 is 0 Å². The number of β-amino-alcohol motifs (C(OH)–C–C–N with tert-alkyl or cyclic N) is 1. The summed E-state index contributed by atoms with van der Waals surface area (Å²) < 4.78 is 0. The summed E-state index contributed by atoms with van der Waals surface area (Å²) in [5, 5.41) is 9.50. The lowest BCUT2D eigenvalue weighted by Gasteiger charge is -2.27. The van der Waals surface area contributed by atoms with Gasteiger partial charge in [0.1, 0.15) is 0 Å². The summed E-state index contributed by atoms with van der Waals surface area (Å²) in [6.45, 7) is 6.79. The van der Waals surface area contributed by atoms with E-state index in [1.165, 1.54) is 19.3 Å². The van der Waals surface area contributed by atoms with Crippen LogP contribution in [-0.4, -0.2) is 41.8 Å². The van der Waals surface area contributed by atoms with E-state index in [1.54, 1.807) is 0 Å². The third-order valence-electron chi connectivity index (χ3n) is 2.96. The second-order valence-electron chi connectivity index (χ2n) is 4.81. The Morgan fingerprint density at radius 3 is 2.79 bits per heavy atom. The largest absolute Gasteiger partial charge is 0.390 e. The minimum Gasteiger partial charge on any atom is -0.390 e. The molecule has 14 heavy (non-hydrogen) atoms. The van der Waals surface area contributed by atoms with Crippen molar-refractivity contribution in [3.05, 3.63) is 0 Å². The predicted octanol–water partition coefficient (Wildman–Crippen LogP) is 0.817. The topological polar surface area (TPSA) is 49.5 Å². The highest BCUT2D eigenvalue weighted by molar-refractivity contribution is 4.81. The Labute approximate surface area is 87.3 Å². The van der Waals surface area contributed by atoms with Crippen LogP contribution in [-0.2, 0) is 0 Å². The summed E-state index contributed by atoms with van der Waals surface area (Å²) in [6.07, 6.45) is 3.46. The summed E-state index contributed by atoms with van der Waals surface area (Å²) in [6, 6.07) is 0.677. The molecule has 0 aromatic rings. The molecule has 84 valence electrons. The van der Waals surface area contributed by atoms with Crippen molar-refractivity contribution in [2.45, 2.75) is 45.3 Å².